The number of methoxy groups -OCH3 is 3. The highest BCUT2D eigenvalue weighted by atomic mass is 35.5. The zero-order valence-electron chi connectivity index (χ0n) is 15.8. The number of phenols is 1. The topological polar surface area (TPSA) is 99.9 Å². The van der Waals surface area contributed by atoms with Crippen LogP contribution in [0, 0.1) is 0 Å². The molecule has 0 aliphatic rings. The van der Waals surface area contributed by atoms with Crippen molar-refractivity contribution in [3.05, 3.63) is 58.7 Å². The predicted molar refractivity (Wildman–Crippen MR) is 105 cm³/mol. The molecule has 0 radical (unpaired) electrons. The number of carbonyl (C=O) groups excluding carboxylic acids is 2. The number of benzene rings is 2. The molecule has 0 amide bonds. The van der Waals surface area contributed by atoms with E-state index in [9.17, 15) is 14.7 Å². The minimum absolute atomic E-state index is 0.00292. The summed E-state index contributed by atoms with van der Waals surface area (Å²) in [5, 5.41) is 14.9. The van der Waals surface area contributed by atoms with Crippen molar-refractivity contribution >= 4 is 23.5 Å². The summed E-state index contributed by atoms with van der Waals surface area (Å²) < 4.78 is 16.1. The average molecular weight is 417 g/mol. The second-order valence-corrected chi connectivity index (χ2v) is 6.16. The van der Waals surface area contributed by atoms with Gasteiger partial charge in [0.05, 0.1) is 27.0 Å². The lowest BCUT2D eigenvalue weighted by molar-refractivity contribution is 0.0549. The summed E-state index contributed by atoms with van der Waals surface area (Å²) in [6.07, 6.45) is 0. The maximum atomic E-state index is 12.6. The third-order valence-corrected chi connectivity index (χ3v) is 4.58. The van der Waals surface area contributed by atoms with E-state index < -0.39 is 11.9 Å². The summed E-state index contributed by atoms with van der Waals surface area (Å²) in [5.74, 6) is -1.74. The number of esters is 2. The van der Waals surface area contributed by atoms with E-state index in [-0.39, 0.29) is 39.0 Å². The summed E-state index contributed by atoms with van der Waals surface area (Å²) in [7, 11) is 3.76. The average Bonchev–Trinajstić information content (AvgIpc) is 3.15. The number of halogens is 1. The summed E-state index contributed by atoms with van der Waals surface area (Å²) in [6.45, 7) is 0. The molecule has 0 aliphatic carbocycles. The summed E-state index contributed by atoms with van der Waals surface area (Å²) >= 11 is 6.15. The lowest BCUT2D eigenvalue weighted by atomic mass is 10.0. The van der Waals surface area contributed by atoms with Crippen LogP contribution in [0.25, 0.3) is 16.9 Å². The van der Waals surface area contributed by atoms with Gasteiger partial charge in [0.25, 0.3) is 0 Å². The number of phenolic OH excluding ortho intramolecular Hbond substituents is 1. The van der Waals surface area contributed by atoms with Gasteiger partial charge in [-0.15, -0.1) is 0 Å². The molecule has 1 heterocycles. The molecule has 3 aromatic rings. The zero-order chi connectivity index (χ0) is 21.1. The molecule has 0 atom stereocenters. The van der Waals surface area contributed by atoms with E-state index in [0.717, 1.165) is 0 Å². The largest absolute Gasteiger partial charge is 0.506 e. The normalized spacial score (nSPS) is 10.5. The Morgan fingerprint density at radius 1 is 1.00 bits per heavy atom. The second-order valence-electron chi connectivity index (χ2n) is 5.78. The van der Waals surface area contributed by atoms with Gasteiger partial charge in [0.15, 0.2) is 5.69 Å². The van der Waals surface area contributed by atoms with E-state index in [1.54, 1.807) is 30.3 Å². The fourth-order valence-electron chi connectivity index (χ4n) is 2.84. The fourth-order valence-corrected chi connectivity index (χ4v) is 3.08. The third-order valence-electron chi connectivity index (χ3n) is 4.21. The van der Waals surface area contributed by atoms with E-state index >= 15 is 0 Å². The minimum atomic E-state index is -0.825. The Morgan fingerprint density at radius 3 is 2.24 bits per heavy atom. The summed E-state index contributed by atoms with van der Waals surface area (Å²) in [4.78, 5) is 25.1. The van der Waals surface area contributed by atoms with E-state index in [2.05, 4.69) is 5.10 Å². The van der Waals surface area contributed by atoms with Crippen LogP contribution < -0.4 is 4.74 Å². The predicted octanol–water partition coefficient (Wildman–Crippen LogP) is 3.48. The Bertz CT molecular complexity index is 1080. The van der Waals surface area contributed by atoms with Crippen LogP contribution >= 0.6 is 11.6 Å². The van der Waals surface area contributed by atoms with Gasteiger partial charge in [-0.1, -0.05) is 29.8 Å². The molecule has 29 heavy (non-hydrogen) atoms. The van der Waals surface area contributed by atoms with Crippen molar-refractivity contribution in [2.75, 3.05) is 21.3 Å². The van der Waals surface area contributed by atoms with E-state index in [0.29, 0.717) is 5.69 Å². The molecule has 8 nitrogen and oxygen atoms in total. The molecule has 0 saturated carbocycles. The SMILES string of the molecule is COC(=O)c1c(-c2ccc(OC)c(Cl)c2O)nn(-c2ccccc2)c1C(=O)OC. The third kappa shape index (κ3) is 3.50. The zero-order valence-corrected chi connectivity index (χ0v) is 16.6. The first kappa shape index (κ1) is 20.2. The van der Waals surface area contributed by atoms with Gasteiger partial charge < -0.3 is 19.3 Å². The van der Waals surface area contributed by atoms with Crippen LogP contribution in [-0.4, -0.2) is 48.2 Å². The molecule has 1 N–H and O–H groups in total. The number of aromatic nitrogens is 2. The summed E-state index contributed by atoms with van der Waals surface area (Å²) in [6, 6.07) is 11.7. The van der Waals surface area contributed by atoms with Gasteiger partial charge in [-0.2, -0.15) is 5.10 Å². The van der Waals surface area contributed by atoms with Crippen LogP contribution in [0.4, 0.5) is 0 Å². The minimum Gasteiger partial charge on any atom is -0.506 e. The van der Waals surface area contributed by atoms with Gasteiger partial charge in [-0.05, 0) is 24.3 Å². The molecular formula is C20H17ClN2O6. The lowest BCUT2D eigenvalue weighted by Gasteiger charge is -2.09. The molecule has 0 fully saturated rings. The van der Waals surface area contributed by atoms with Crippen LogP contribution in [0.5, 0.6) is 11.5 Å². The number of hydrogen-bond acceptors (Lipinski definition) is 7. The standard InChI is InChI=1S/C20H17ClN2O6/c1-27-13-10-9-12(18(24)15(13)21)16-14(19(25)28-2)17(20(26)29-3)23(22-16)11-7-5-4-6-8-11/h4-10,24H,1-3H3. The number of rotatable bonds is 5. The Kier molecular flexibility index (Phi) is 5.74. The molecular weight excluding hydrogens is 400 g/mol. The van der Waals surface area contributed by atoms with Gasteiger partial charge in [0, 0.05) is 5.56 Å². The first-order valence-electron chi connectivity index (χ1n) is 8.35. The van der Waals surface area contributed by atoms with Gasteiger partial charge >= 0.3 is 11.9 Å². The molecule has 3 rings (SSSR count). The molecule has 0 unspecified atom stereocenters. The Hall–Kier alpha value is -3.52. The maximum Gasteiger partial charge on any atom is 0.357 e. The Balaban J connectivity index is 2.39. The fraction of sp³-hybridized carbons (Fsp3) is 0.150. The van der Waals surface area contributed by atoms with E-state index in [1.807, 2.05) is 0 Å². The molecule has 0 bridgehead atoms. The lowest BCUT2D eigenvalue weighted by Crippen LogP contribution is -2.15. The van der Waals surface area contributed by atoms with Crippen molar-refractivity contribution in [2.24, 2.45) is 0 Å². The first-order chi connectivity index (χ1) is 13.9. The molecule has 150 valence electrons. The van der Waals surface area contributed by atoms with E-state index in [1.165, 1.54) is 38.1 Å². The number of hydrogen-bond donors (Lipinski definition) is 1. The molecule has 0 aliphatic heterocycles. The van der Waals surface area contributed by atoms with Gasteiger partial charge in [-0.3, -0.25) is 0 Å². The quantitative estimate of drug-likeness (QED) is 0.635. The molecule has 0 spiro atoms. The molecule has 0 saturated heterocycles. The highest BCUT2D eigenvalue weighted by molar-refractivity contribution is 6.34. The summed E-state index contributed by atoms with van der Waals surface area (Å²) in [5.41, 5.74) is 0.314. The van der Waals surface area contributed by atoms with Crippen LogP contribution in [0.1, 0.15) is 20.8 Å². The number of nitrogens with zero attached hydrogens (tertiary/aromatic N) is 2. The van der Waals surface area contributed by atoms with Crippen molar-refractivity contribution in [1.82, 2.24) is 9.78 Å². The van der Waals surface area contributed by atoms with Crippen LogP contribution in [0.15, 0.2) is 42.5 Å². The molecule has 9 heteroatoms. The monoisotopic (exact) mass is 416 g/mol. The van der Waals surface area contributed by atoms with Crippen LogP contribution in [-0.2, 0) is 9.47 Å². The smallest absolute Gasteiger partial charge is 0.357 e. The number of carbonyl (C=O) groups is 2. The van der Waals surface area contributed by atoms with Crippen molar-refractivity contribution < 1.29 is 28.9 Å². The number of para-hydroxylation sites is 1. The van der Waals surface area contributed by atoms with Crippen LogP contribution in [0.2, 0.25) is 5.02 Å². The van der Waals surface area contributed by atoms with Gasteiger partial charge in [0.2, 0.25) is 0 Å². The Labute approximate surface area is 171 Å². The number of ether oxygens (including phenoxy) is 3. The van der Waals surface area contributed by atoms with Crippen molar-refractivity contribution in [3.63, 3.8) is 0 Å². The van der Waals surface area contributed by atoms with Crippen molar-refractivity contribution in [1.29, 1.82) is 0 Å². The first-order valence-corrected chi connectivity index (χ1v) is 8.73. The van der Waals surface area contributed by atoms with Crippen molar-refractivity contribution in [2.45, 2.75) is 0 Å². The van der Waals surface area contributed by atoms with E-state index in [4.69, 9.17) is 25.8 Å². The molecule has 2 aromatic carbocycles. The maximum absolute atomic E-state index is 12.6. The number of aromatic hydroxyl groups is 1. The van der Waals surface area contributed by atoms with Crippen molar-refractivity contribution in [3.8, 4) is 28.4 Å². The van der Waals surface area contributed by atoms with Crippen LogP contribution in [0.3, 0.4) is 0 Å². The Morgan fingerprint density at radius 2 is 1.66 bits per heavy atom. The van der Waals surface area contributed by atoms with Gasteiger partial charge in [-0.25, -0.2) is 14.3 Å². The highest BCUT2D eigenvalue weighted by Crippen LogP contribution is 2.42. The highest BCUT2D eigenvalue weighted by Gasteiger charge is 2.32. The molecule has 1 aromatic heterocycles. The van der Waals surface area contributed by atoms with Gasteiger partial charge in [0.1, 0.15) is 27.8 Å². The second kappa shape index (κ2) is 8.24.